The summed E-state index contributed by atoms with van der Waals surface area (Å²) in [5.74, 6) is 0.596. The third-order valence-corrected chi connectivity index (χ3v) is 3.16. The minimum atomic E-state index is -0.234. The summed E-state index contributed by atoms with van der Waals surface area (Å²) in [5, 5.41) is 0. The molecule has 1 saturated heterocycles. The monoisotopic (exact) mass is 283 g/mol. The summed E-state index contributed by atoms with van der Waals surface area (Å²) < 4.78 is 6.25. The summed E-state index contributed by atoms with van der Waals surface area (Å²) in [4.78, 5) is 13.5. The molecule has 0 aliphatic carbocycles. The zero-order valence-corrected chi connectivity index (χ0v) is 10.6. The maximum absolute atomic E-state index is 11.7. The van der Waals surface area contributed by atoms with Crippen LogP contribution in [0.15, 0.2) is 28.7 Å². The fourth-order valence-electron chi connectivity index (χ4n) is 1.74. The maximum atomic E-state index is 11.7. The Morgan fingerprint density at radius 2 is 1.75 bits per heavy atom. The minimum absolute atomic E-state index is 0.234. The summed E-state index contributed by atoms with van der Waals surface area (Å²) >= 11 is 3.34. The van der Waals surface area contributed by atoms with Gasteiger partial charge in [-0.25, -0.2) is 4.79 Å². The standard InChI is InChI=1S/C12H14BrNO2/c13-10-4-6-11(7-5-10)16-12(15)14-8-2-1-3-9-14/h4-7H,1-3,8-9H2. The number of hydrogen-bond donors (Lipinski definition) is 0. The second-order valence-electron chi connectivity index (χ2n) is 3.87. The lowest BCUT2D eigenvalue weighted by Crippen LogP contribution is -2.37. The predicted molar refractivity (Wildman–Crippen MR) is 65.6 cm³/mol. The topological polar surface area (TPSA) is 29.5 Å². The van der Waals surface area contributed by atoms with Gasteiger partial charge in [-0.1, -0.05) is 15.9 Å². The van der Waals surface area contributed by atoms with E-state index in [9.17, 15) is 4.79 Å². The van der Waals surface area contributed by atoms with E-state index in [2.05, 4.69) is 15.9 Å². The maximum Gasteiger partial charge on any atom is 0.415 e. The van der Waals surface area contributed by atoms with Crippen LogP contribution in [0.1, 0.15) is 19.3 Å². The van der Waals surface area contributed by atoms with Crippen molar-refractivity contribution in [2.45, 2.75) is 19.3 Å². The number of likely N-dealkylation sites (tertiary alicyclic amines) is 1. The minimum Gasteiger partial charge on any atom is -0.410 e. The Morgan fingerprint density at radius 3 is 2.38 bits per heavy atom. The number of halogens is 1. The van der Waals surface area contributed by atoms with Crippen molar-refractivity contribution in [2.75, 3.05) is 13.1 Å². The quantitative estimate of drug-likeness (QED) is 0.790. The lowest BCUT2D eigenvalue weighted by Gasteiger charge is -2.25. The Labute approximate surface area is 104 Å². The molecule has 2 rings (SSSR count). The molecule has 0 unspecified atom stereocenters. The molecule has 0 atom stereocenters. The third-order valence-electron chi connectivity index (χ3n) is 2.63. The van der Waals surface area contributed by atoms with Gasteiger partial charge in [0.15, 0.2) is 0 Å². The number of ether oxygens (including phenoxy) is 1. The SMILES string of the molecule is O=C(Oc1ccc(Br)cc1)N1CCCCC1. The van der Waals surface area contributed by atoms with E-state index in [4.69, 9.17) is 4.74 Å². The van der Waals surface area contributed by atoms with Crippen LogP contribution in [-0.2, 0) is 0 Å². The number of carbonyl (C=O) groups is 1. The molecular weight excluding hydrogens is 270 g/mol. The lowest BCUT2D eigenvalue weighted by atomic mass is 10.1. The van der Waals surface area contributed by atoms with Crippen molar-refractivity contribution in [3.63, 3.8) is 0 Å². The van der Waals surface area contributed by atoms with E-state index >= 15 is 0 Å². The third kappa shape index (κ3) is 2.98. The highest BCUT2D eigenvalue weighted by atomic mass is 79.9. The summed E-state index contributed by atoms with van der Waals surface area (Å²) in [5.41, 5.74) is 0. The second-order valence-corrected chi connectivity index (χ2v) is 4.79. The van der Waals surface area contributed by atoms with E-state index in [1.165, 1.54) is 6.42 Å². The van der Waals surface area contributed by atoms with Crippen LogP contribution in [0.2, 0.25) is 0 Å². The molecule has 1 aliphatic heterocycles. The molecule has 86 valence electrons. The largest absolute Gasteiger partial charge is 0.415 e. The van der Waals surface area contributed by atoms with Gasteiger partial charge in [0.1, 0.15) is 5.75 Å². The van der Waals surface area contributed by atoms with Crippen molar-refractivity contribution in [1.82, 2.24) is 4.90 Å². The average molecular weight is 284 g/mol. The lowest BCUT2D eigenvalue weighted by molar-refractivity contribution is 0.142. The van der Waals surface area contributed by atoms with Gasteiger partial charge in [-0.2, -0.15) is 0 Å². The van der Waals surface area contributed by atoms with Gasteiger partial charge in [0, 0.05) is 17.6 Å². The van der Waals surface area contributed by atoms with Crippen molar-refractivity contribution >= 4 is 22.0 Å². The average Bonchev–Trinajstić information content (AvgIpc) is 2.33. The Morgan fingerprint density at radius 1 is 1.12 bits per heavy atom. The van der Waals surface area contributed by atoms with Gasteiger partial charge in [0.25, 0.3) is 0 Å². The summed E-state index contributed by atoms with van der Waals surface area (Å²) in [7, 11) is 0. The Hall–Kier alpha value is -1.03. The molecule has 0 aromatic heterocycles. The number of hydrogen-bond acceptors (Lipinski definition) is 2. The van der Waals surface area contributed by atoms with E-state index in [-0.39, 0.29) is 6.09 Å². The van der Waals surface area contributed by atoms with E-state index < -0.39 is 0 Å². The van der Waals surface area contributed by atoms with Crippen LogP contribution in [0, 0.1) is 0 Å². The molecule has 1 aromatic rings. The molecule has 1 amide bonds. The van der Waals surface area contributed by atoms with Crippen molar-refractivity contribution in [2.24, 2.45) is 0 Å². The van der Waals surface area contributed by atoms with Crippen LogP contribution in [0.25, 0.3) is 0 Å². The molecule has 1 heterocycles. The van der Waals surface area contributed by atoms with E-state index in [1.54, 1.807) is 17.0 Å². The van der Waals surface area contributed by atoms with Crippen LogP contribution < -0.4 is 4.74 Å². The van der Waals surface area contributed by atoms with Crippen molar-refractivity contribution in [3.05, 3.63) is 28.7 Å². The first-order valence-electron chi connectivity index (χ1n) is 5.48. The first-order chi connectivity index (χ1) is 7.75. The fraction of sp³-hybridized carbons (Fsp3) is 0.417. The van der Waals surface area contributed by atoms with Gasteiger partial charge in [-0.05, 0) is 43.5 Å². The van der Waals surface area contributed by atoms with Crippen LogP contribution in [0.5, 0.6) is 5.75 Å². The zero-order valence-electron chi connectivity index (χ0n) is 8.99. The fourth-order valence-corrected chi connectivity index (χ4v) is 2.01. The van der Waals surface area contributed by atoms with Crippen LogP contribution in [-0.4, -0.2) is 24.1 Å². The number of nitrogens with zero attached hydrogens (tertiary/aromatic N) is 1. The molecule has 1 aliphatic rings. The van der Waals surface area contributed by atoms with E-state index in [0.717, 1.165) is 30.4 Å². The van der Waals surface area contributed by atoms with E-state index in [0.29, 0.717) is 5.75 Å². The zero-order chi connectivity index (χ0) is 11.4. The molecule has 1 aromatic carbocycles. The van der Waals surface area contributed by atoms with Gasteiger partial charge >= 0.3 is 6.09 Å². The summed E-state index contributed by atoms with van der Waals surface area (Å²) in [6.07, 6.45) is 3.13. The molecule has 16 heavy (non-hydrogen) atoms. The Balaban J connectivity index is 1.93. The molecule has 0 saturated carbocycles. The highest BCUT2D eigenvalue weighted by molar-refractivity contribution is 9.10. The number of amides is 1. The van der Waals surface area contributed by atoms with Gasteiger partial charge in [-0.3, -0.25) is 0 Å². The molecule has 1 fully saturated rings. The number of carbonyl (C=O) groups excluding carboxylic acids is 1. The summed E-state index contributed by atoms with van der Waals surface area (Å²) in [6, 6.07) is 7.29. The smallest absolute Gasteiger partial charge is 0.410 e. The highest BCUT2D eigenvalue weighted by Gasteiger charge is 2.17. The van der Waals surface area contributed by atoms with Gasteiger partial charge in [0.05, 0.1) is 0 Å². The number of benzene rings is 1. The molecule has 0 radical (unpaired) electrons. The molecule has 3 nitrogen and oxygen atoms in total. The van der Waals surface area contributed by atoms with Crippen LogP contribution >= 0.6 is 15.9 Å². The molecule has 4 heteroatoms. The summed E-state index contributed by atoms with van der Waals surface area (Å²) in [6.45, 7) is 1.63. The van der Waals surface area contributed by atoms with Crippen molar-refractivity contribution in [3.8, 4) is 5.75 Å². The highest BCUT2D eigenvalue weighted by Crippen LogP contribution is 2.18. The number of rotatable bonds is 1. The van der Waals surface area contributed by atoms with Crippen molar-refractivity contribution < 1.29 is 9.53 Å². The van der Waals surface area contributed by atoms with Crippen LogP contribution in [0.4, 0.5) is 4.79 Å². The van der Waals surface area contributed by atoms with Gasteiger partial charge in [-0.15, -0.1) is 0 Å². The van der Waals surface area contributed by atoms with Gasteiger partial charge < -0.3 is 9.64 Å². The van der Waals surface area contributed by atoms with E-state index in [1.807, 2.05) is 12.1 Å². The Kier molecular flexibility index (Phi) is 3.83. The molecule has 0 N–H and O–H groups in total. The van der Waals surface area contributed by atoms with Gasteiger partial charge in [0.2, 0.25) is 0 Å². The first-order valence-corrected chi connectivity index (χ1v) is 6.27. The first kappa shape index (κ1) is 11.5. The normalized spacial score (nSPS) is 15.9. The van der Waals surface area contributed by atoms with Crippen molar-refractivity contribution in [1.29, 1.82) is 0 Å². The predicted octanol–water partition coefficient (Wildman–Crippen LogP) is 3.43. The molecule has 0 spiro atoms. The molecule has 0 bridgehead atoms. The number of piperidine rings is 1. The van der Waals surface area contributed by atoms with Crippen LogP contribution in [0.3, 0.4) is 0 Å². The second kappa shape index (κ2) is 5.34. The Bertz CT molecular complexity index is 358. The molecular formula is C12H14BrNO2.